The van der Waals surface area contributed by atoms with Gasteiger partial charge in [-0.05, 0) is 50.3 Å². The van der Waals surface area contributed by atoms with Crippen LogP contribution in [0.1, 0.15) is 48.4 Å². The van der Waals surface area contributed by atoms with Gasteiger partial charge in [-0.3, -0.25) is 15.1 Å². The van der Waals surface area contributed by atoms with E-state index in [1.165, 1.54) is 32.1 Å². The van der Waals surface area contributed by atoms with Crippen LogP contribution in [0.5, 0.6) is 0 Å². The van der Waals surface area contributed by atoms with Gasteiger partial charge in [-0.2, -0.15) is 0 Å². The minimum Gasteiger partial charge on any atom is -0.455 e. The highest BCUT2D eigenvalue weighted by molar-refractivity contribution is 5.90. The first kappa shape index (κ1) is 12.7. The van der Waals surface area contributed by atoms with E-state index in [0.29, 0.717) is 6.04 Å². The monoisotopic (exact) mass is 263 g/mol. The molecule has 1 aromatic heterocycles. The molecule has 5 nitrogen and oxygen atoms in total. The van der Waals surface area contributed by atoms with Crippen LogP contribution in [0, 0.1) is 5.92 Å². The van der Waals surface area contributed by atoms with E-state index >= 15 is 0 Å². The molecule has 2 aliphatic rings. The van der Waals surface area contributed by atoms with Crippen LogP contribution in [0.25, 0.3) is 0 Å². The molecule has 3 N–H and O–H groups in total. The number of furan rings is 1. The fourth-order valence-corrected chi connectivity index (χ4v) is 3.61. The summed E-state index contributed by atoms with van der Waals surface area (Å²) in [6.07, 6.45) is 6.69. The Hall–Kier alpha value is -1.33. The maximum atomic E-state index is 11.4. The Labute approximate surface area is 113 Å². The predicted molar refractivity (Wildman–Crippen MR) is 71.1 cm³/mol. The number of carbonyl (C=O) groups excluding carboxylic acids is 1. The lowest BCUT2D eigenvalue weighted by Crippen LogP contribution is -2.41. The summed E-state index contributed by atoms with van der Waals surface area (Å²) in [5.74, 6) is 6.74. The van der Waals surface area contributed by atoms with Gasteiger partial charge >= 0.3 is 5.91 Å². The molecule has 3 rings (SSSR count). The van der Waals surface area contributed by atoms with E-state index in [9.17, 15) is 4.79 Å². The zero-order chi connectivity index (χ0) is 13.2. The zero-order valence-electron chi connectivity index (χ0n) is 11.1. The number of nitrogens with one attached hydrogen (secondary N) is 1. The van der Waals surface area contributed by atoms with Crippen molar-refractivity contribution in [3.05, 3.63) is 23.7 Å². The second-order valence-corrected chi connectivity index (χ2v) is 5.61. The Bertz CT molecular complexity index is 457. The van der Waals surface area contributed by atoms with Crippen molar-refractivity contribution < 1.29 is 9.21 Å². The molecular formula is C14H21N3O2. The average molecular weight is 263 g/mol. The summed E-state index contributed by atoms with van der Waals surface area (Å²) in [6.45, 7) is 1.94. The predicted octanol–water partition coefficient (Wildman–Crippen LogP) is 1.65. The Morgan fingerprint density at radius 1 is 1.37 bits per heavy atom. The molecule has 2 atom stereocenters. The van der Waals surface area contributed by atoms with Gasteiger partial charge in [0.25, 0.3) is 0 Å². The second kappa shape index (κ2) is 5.35. The fraction of sp³-hybridized carbons (Fsp3) is 0.643. The number of likely N-dealkylation sites (tertiary alicyclic amines) is 1. The van der Waals surface area contributed by atoms with E-state index in [1.54, 1.807) is 6.07 Å². The molecule has 1 aliphatic heterocycles. The molecule has 19 heavy (non-hydrogen) atoms. The van der Waals surface area contributed by atoms with Crippen molar-refractivity contribution in [3.8, 4) is 0 Å². The smallest absolute Gasteiger partial charge is 0.300 e. The van der Waals surface area contributed by atoms with Gasteiger partial charge in [-0.25, -0.2) is 5.84 Å². The van der Waals surface area contributed by atoms with Crippen LogP contribution in [0.2, 0.25) is 0 Å². The average Bonchev–Trinajstić information content (AvgIpc) is 3.07. The molecule has 1 aliphatic carbocycles. The van der Waals surface area contributed by atoms with E-state index in [-0.39, 0.29) is 11.7 Å². The van der Waals surface area contributed by atoms with Gasteiger partial charge in [0.05, 0.1) is 6.54 Å². The third-order valence-electron chi connectivity index (χ3n) is 4.48. The highest BCUT2D eigenvalue weighted by Gasteiger charge is 2.35. The first-order valence-corrected chi connectivity index (χ1v) is 7.11. The maximum Gasteiger partial charge on any atom is 0.300 e. The minimum atomic E-state index is -0.372. The van der Waals surface area contributed by atoms with Gasteiger partial charge in [0, 0.05) is 6.04 Å². The van der Waals surface area contributed by atoms with Crippen LogP contribution in [0.4, 0.5) is 0 Å². The number of hydrogen-bond acceptors (Lipinski definition) is 4. The van der Waals surface area contributed by atoms with Gasteiger partial charge in [-0.15, -0.1) is 0 Å². The highest BCUT2D eigenvalue weighted by atomic mass is 16.4. The number of nitrogens with two attached hydrogens (primary N) is 1. The molecule has 0 radical (unpaired) electrons. The molecule has 5 heteroatoms. The van der Waals surface area contributed by atoms with E-state index in [4.69, 9.17) is 10.3 Å². The van der Waals surface area contributed by atoms with E-state index in [0.717, 1.165) is 24.8 Å². The maximum absolute atomic E-state index is 11.4. The van der Waals surface area contributed by atoms with Crippen molar-refractivity contribution in [1.82, 2.24) is 10.3 Å². The van der Waals surface area contributed by atoms with Gasteiger partial charge in [0.2, 0.25) is 0 Å². The number of nitrogen functional groups attached to an aromatic ring is 1. The van der Waals surface area contributed by atoms with Gasteiger partial charge < -0.3 is 4.42 Å². The normalized spacial score (nSPS) is 27.2. The standard InChI is InChI=1S/C14H21N3O2/c15-16-14(18)13-7-6-11(19-13)9-17-8-2-4-10-3-1-5-12(10)17/h6-7,10,12H,1-5,8-9,15H2,(H,16,18). The summed E-state index contributed by atoms with van der Waals surface area (Å²) in [5, 5.41) is 0. The van der Waals surface area contributed by atoms with E-state index in [2.05, 4.69) is 10.3 Å². The lowest BCUT2D eigenvalue weighted by molar-refractivity contribution is 0.0891. The second-order valence-electron chi connectivity index (χ2n) is 5.61. The molecule has 2 fully saturated rings. The molecule has 104 valence electrons. The molecule has 1 saturated carbocycles. The van der Waals surface area contributed by atoms with Crippen molar-refractivity contribution in [2.45, 2.75) is 44.7 Å². The number of carbonyl (C=O) groups is 1. The Morgan fingerprint density at radius 3 is 3.05 bits per heavy atom. The van der Waals surface area contributed by atoms with Gasteiger partial charge in [-0.1, -0.05) is 6.42 Å². The van der Waals surface area contributed by atoms with Crippen molar-refractivity contribution in [2.24, 2.45) is 11.8 Å². The number of amides is 1. The molecule has 1 saturated heterocycles. The zero-order valence-corrected chi connectivity index (χ0v) is 11.1. The molecule has 2 unspecified atom stereocenters. The summed E-state index contributed by atoms with van der Waals surface area (Å²) in [5.41, 5.74) is 2.09. The largest absolute Gasteiger partial charge is 0.455 e. The number of hydrogen-bond donors (Lipinski definition) is 2. The first-order chi connectivity index (χ1) is 9.28. The molecule has 1 aromatic rings. The van der Waals surface area contributed by atoms with Crippen molar-refractivity contribution in [1.29, 1.82) is 0 Å². The molecule has 0 bridgehead atoms. The van der Waals surface area contributed by atoms with Crippen LogP contribution in [-0.4, -0.2) is 23.4 Å². The Kier molecular flexibility index (Phi) is 3.57. The Morgan fingerprint density at radius 2 is 2.21 bits per heavy atom. The number of hydrazine groups is 1. The van der Waals surface area contributed by atoms with Crippen molar-refractivity contribution in [2.75, 3.05) is 6.54 Å². The minimum absolute atomic E-state index is 0.289. The quantitative estimate of drug-likeness (QED) is 0.494. The topological polar surface area (TPSA) is 71.5 Å². The molecule has 1 amide bonds. The van der Waals surface area contributed by atoms with Crippen LogP contribution < -0.4 is 11.3 Å². The molecule has 0 spiro atoms. The van der Waals surface area contributed by atoms with Gasteiger partial charge in [0.15, 0.2) is 5.76 Å². The van der Waals surface area contributed by atoms with Crippen LogP contribution >= 0.6 is 0 Å². The summed E-state index contributed by atoms with van der Waals surface area (Å²) < 4.78 is 5.55. The molecule has 0 aromatic carbocycles. The van der Waals surface area contributed by atoms with Crippen molar-refractivity contribution >= 4 is 5.91 Å². The third kappa shape index (κ3) is 2.53. The van der Waals surface area contributed by atoms with Crippen molar-refractivity contribution in [3.63, 3.8) is 0 Å². The summed E-state index contributed by atoms with van der Waals surface area (Å²) in [6, 6.07) is 4.28. The van der Waals surface area contributed by atoms with Crippen LogP contribution in [-0.2, 0) is 6.54 Å². The van der Waals surface area contributed by atoms with E-state index < -0.39 is 0 Å². The van der Waals surface area contributed by atoms with Crippen LogP contribution in [0.15, 0.2) is 16.5 Å². The number of piperidine rings is 1. The van der Waals surface area contributed by atoms with Gasteiger partial charge in [0.1, 0.15) is 5.76 Å². The van der Waals surface area contributed by atoms with E-state index in [1.807, 2.05) is 6.07 Å². The number of fused-ring (bicyclic) bond motifs is 1. The lowest BCUT2D eigenvalue weighted by Gasteiger charge is -2.37. The SMILES string of the molecule is NNC(=O)c1ccc(CN2CCCC3CCCC32)o1. The molecule has 2 heterocycles. The summed E-state index contributed by atoms with van der Waals surface area (Å²) >= 11 is 0. The summed E-state index contributed by atoms with van der Waals surface area (Å²) in [4.78, 5) is 13.9. The number of nitrogens with zero attached hydrogens (tertiary/aromatic N) is 1. The summed E-state index contributed by atoms with van der Waals surface area (Å²) in [7, 11) is 0. The fourth-order valence-electron chi connectivity index (χ4n) is 3.61. The molecular weight excluding hydrogens is 242 g/mol. The highest BCUT2D eigenvalue weighted by Crippen LogP contribution is 2.37. The Balaban J connectivity index is 1.67. The first-order valence-electron chi connectivity index (χ1n) is 7.11. The third-order valence-corrected chi connectivity index (χ3v) is 4.48. The number of rotatable bonds is 3. The lowest BCUT2D eigenvalue weighted by atomic mass is 9.92. The van der Waals surface area contributed by atoms with Crippen LogP contribution in [0.3, 0.4) is 0 Å².